The summed E-state index contributed by atoms with van der Waals surface area (Å²) in [4.78, 5) is 0. The molecule has 0 aliphatic rings. The zero-order chi connectivity index (χ0) is 11.6. The zero-order valence-electron chi connectivity index (χ0n) is 10.8. The second kappa shape index (κ2) is 4.33. The Morgan fingerprint density at radius 1 is 0.929 bits per heavy atom. The van der Waals surface area contributed by atoms with Crippen molar-refractivity contribution in [2.75, 3.05) is 0 Å². The maximum atomic E-state index is 4.13. The molecule has 0 amide bonds. The van der Waals surface area contributed by atoms with Crippen molar-refractivity contribution in [3.05, 3.63) is 24.3 Å². The van der Waals surface area contributed by atoms with E-state index in [4.69, 9.17) is 0 Å². The van der Waals surface area contributed by atoms with E-state index < -0.39 is 0 Å². The van der Waals surface area contributed by atoms with Crippen LogP contribution < -0.4 is 0 Å². The molecule has 0 saturated heterocycles. The van der Waals surface area contributed by atoms with E-state index in [0.29, 0.717) is 5.41 Å². The molecule has 0 radical (unpaired) electrons. The van der Waals surface area contributed by atoms with Crippen molar-refractivity contribution in [3.8, 4) is 0 Å². The molecule has 0 fully saturated rings. The lowest BCUT2D eigenvalue weighted by molar-refractivity contribution is 0.291. The Morgan fingerprint density at radius 3 is 1.64 bits per heavy atom. The molecule has 0 aromatic heterocycles. The van der Waals surface area contributed by atoms with Crippen molar-refractivity contribution < 1.29 is 0 Å². The van der Waals surface area contributed by atoms with Crippen LogP contribution >= 0.6 is 0 Å². The van der Waals surface area contributed by atoms with Gasteiger partial charge in [-0.25, -0.2) is 0 Å². The minimum atomic E-state index is 0.194. The summed E-state index contributed by atoms with van der Waals surface area (Å²) in [5, 5.41) is 0. The summed E-state index contributed by atoms with van der Waals surface area (Å²) in [6.07, 6.45) is 2.41. The summed E-state index contributed by atoms with van der Waals surface area (Å²) in [5.74, 6) is 0. The molecule has 0 atom stereocenters. The van der Waals surface area contributed by atoms with Crippen molar-refractivity contribution in [3.63, 3.8) is 0 Å². The minimum Gasteiger partial charge on any atom is -0.0958 e. The van der Waals surface area contributed by atoms with Gasteiger partial charge in [-0.2, -0.15) is 0 Å². The van der Waals surface area contributed by atoms with Crippen LogP contribution in [0, 0.1) is 10.8 Å². The lowest BCUT2D eigenvalue weighted by atomic mass is 9.74. The van der Waals surface area contributed by atoms with Crippen molar-refractivity contribution in [2.24, 2.45) is 10.8 Å². The van der Waals surface area contributed by atoms with Crippen LogP contribution in [0.5, 0.6) is 0 Å². The molecule has 0 bridgehead atoms. The number of hydrogen-bond acceptors (Lipinski definition) is 0. The molecule has 0 rings (SSSR count). The Hall–Kier alpha value is -0.520. The second-order valence-corrected chi connectivity index (χ2v) is 6.20. The second-order valence-electron chi connectivity index (χ2n) is 6.20. The Bertz CT molecular complexity index is 223. The summed E-state index contributed by atoms with van der Waals surface area (Å²) < 4.78 is 0. The van der Waals surface area contributed by atoms with Gasteiger partial charge < -0.3 is 0 Å². The standard InChI is InChI=1S/C14H26/c1-11(2)12(3)14(7,8)10-9-13(4,5)6/h1,3,9-10H2,2,4-8H3. The molecular formula is C14H26. The Balaban J connectivity index is 4.35. The SMILES string of the molecule is C=C(C)C(=C)C(C)(C)CCC(C)(C)C. The molecule has 0 unspecified atom stereocenters. The fraction of sp³-hybridized carbons (Fsp3) is 0.714. The predicted octanol–water partition coefficient (Wildman–Crippen LogP) is 4.97. The van der Waals surface area contributed by atoms with E-state index in [2.05, 4.69) is 47.8 Å². The van der Waals surface area contributed by atoms with Gasteiger partial charge >= 0.3 is 0 Å². The maximum Gasteiger partial charge on any atom is -0.0107 e. The van der Waals surface area contributed by atoms with Gasteiger partial charge in [0.25, 0.3) is 0 Å². The highest BCUT2D eigenvalue weighted by molar-refractivity contribution is 5.28. The van der Waals surface area contributed by atoms with Crippen LogP contribution in [0.2, 0.25) is 0 Å². The summed E-state index contributed by atoms with van der Waals surface area (Å²) in [5.41, 5.74) is 2.91. The minimum absolute atomic E-state index is 0.194. The summed E-state index contributed by atoms with van der Waals surface area (Å²) in [6, 6.07) is 0. The van der Waals surface area contributed by atoms with Crippen molar-refractivity contribution in [1.29, 1.82) is 0 Å². The summed E-state index contributed by atoms with van der Waals surface area (Å²) >= 11 is 0. The first-order chi connectivity index (χ1) is 6.06. The third-order valence-corrected chi connectivity index (χ3v) is 2.83. The van der Waals surface area contributed by atoms with Crippen molar-refractivity contribution >= 4 is 0 Å². The highest BCUT2D eigenvalue weighted by Gasteiger charge is 2.24. The van der Waals surface area contributed by atoms with Crippen LogP contribution in [0.25, 0.3) is 0 Å². The molecule has 0 aromatic rings. The van der Waals surface area contributed by atoms with Crippen LogP contribution in [-0.2, 0) is 0 Å². The van der Waals surface area contributed by atoms with E-state index in [1.54, 1.807) is 0 Å². The van der Waals surface area contributed by atoms with Gasteiger partial charge in [-0.05, 0) is 36.2 Å². The van der Waals surface area contributed by atoms with E-state index >= 15 is 0 Å². The van der Waals surface area contributed by atoms with Gasteiger partial charge in [-0.1, -0.05) is 53.3 Å². The molecule has 0 aliphatic carbocycles. The molecule has 82 valence electrons. The van der Waals surface area contributed by atoms with E-state index in [1.807, 2.05) is 6.92 Å². The first-order valence-corrected chi connectivity index (χ1v) is 5.41. The summed E-state index contributed by atoms with van der Waals surface area (Å²) in [6.45, 7) is 21.5. The molecule has 0 aromatic carbocycles. The smallest absolute Gasteiger partial charge is 0.0107 e. The average molecular weight is 194 g/mol. The topological polar surface area (TPSA) is 0 Å². The highest BCUT2D eigenvalue weighted by Crippen LogP contribution is 2.37. The van der Waals surface area contributed by atoms with E-state index in [-0.39, 0.29) is 5.41 Å². The van der Waals surface area contributed by atoms with Crippen molar-refractivity contribution in [2.45, 2.75) is 54.4 Å². The van der Waals surface area contributed by atoms with Gasteiger partial charge in [0, 0.05) is 0 Å². The molecular weight excluding hydrogens is 168 g/mol. The Morgan fingerprint density at radius 2 is 1.36 bits per heavy atom. The summed E-state index contributed by atoms with van der Waals surface area (Å²) in [7, 11) is 0. The van der Waals surface area contributed by atoms with Gasteiger partial charge in [0.2, 0.25) is 0 Å². The first kappa shape index (κ1) is 13.5. The lowest BCUT2D eigenvalue weighted by Crippen LogP contribution is -2.18. The normalized spacial score (nSPS) is 12.7. The molecule has 0 heteroatoms. The Labute approximate surface area is 90.1 Å². The third-order valence-electron chi connectivity index (χ3n) is 2.83. The number of hydrogen-bond donors (Lipinski definition) is 0. The zero-order valence-corrected chi connectivity index (χ0v) is 10.8. The van der Waals surface area contributed by atoms with Crippen LogP contribution in [-0.4, -0.2) is 0 Å². The molecule has 0 nitrogen and oxygen atoms in total. The van der Waals surface area contributed by atoms with Gasteiger partial charge in [0.1, 0.15) is 0 Å². The van der Waals surface area contributed by atoms with Gasteiger partial charge in [-0.3, -0.25) is 0 Å². The van der Waals surface area contributed by atoms with Crippen LogP contribution in [0.15, 0.2) is 24.3 Å². The van der Waals surface area contributed by atoms with E-state index in [1.165, 1.54) is 18.4 Å². The van der Waals surface area contributed by atoms with Crippen molar-refractivity contribution in [1.82, 2.24) is 0 Å². The van der Waals surface area contributed by atoms with E-state index in [9.17, 15) is 0 Å². The fourth-order valence-corrected chi connectivity index (χ4v) is 1.42. The monoisotopic (exact) mass is 194 g/mol. The van der Waals surface area contributed by atoms with Crippen LogP contribution in [0.3, 0.4) is 0 Å². The lowest BCUT2D eigenvalue weighted by Gasteiger charge is -2.31. The van der Waals surface area contributed by atoms with Crippen LogP contribution in [0.1, 0.15) is 54.4 Å². The largest absolute Gasteiger partial charge is 0.0958 e. The first-order valence-electron chi connectivity index (χ1n) is 5.41. The maximum absolute atomic E-state index is 4.13. The molecule has 0 saturated carbocycles. The predicted molar refractivity (Wildman–Crippen MR) is 66.4 cm³/mol. The highest BCUT2D eigenvalue weighted by atomic mass is 14.3. The van der Waals surface area contributed by atoms with E-state index in [0.717, 1.165) is 5.57 Å². The van der Waals surface area contributed by atoms with Gasteiger partial charge in [0.05, 0.1) is 0 Å². The van der Waals surface area contributed by atoms with Gasteiger partial charge in [-0.15, -0.1) is 0 Å². The molecule has 0 spiro atoms. The molecule has 0 heterocycles. The van der Waals surface area contributed by atoms with Crippen LogP contribution in [0.4, 0.5) is 0 Å². The average Bonchev–Trinajstić information content (AvgIpc) is 1.98. The Kier molecular flexibility index (Phi) is 4.17. The molecule has 0 N–H and O–H groups in total. The number of rotatable bonds is 4. The molecule has 0 aliphatic heterocycles. The van der Waals surface area contributed by atoms with Gasteiger partial charge in [0.15, 0.2) is 0 Å². The third kappa shape index (κ3) is 4.64. The molecule has 14 heavy (non-hydrogen) atoms. The fourth-order valence-electron chi connectivity index (χ4n) is 1.42. The number of allylic oxidation sites excluding steroid dienone is 2. The quantitative estimate of drug-likeness (QED) is 0.554.